The van der Waals surface area contributed by atoms with E-state index in [9.17, 15) is 4.79 Å². The highest BCUT2D eigenvalue weighted by Crippen LogP contribution is 2.40. The second-order valence-electron chi connectivity index (χ2n) is 8.15. The van der Waals surface area contributed by atoms with Crippen molar-refractivity contribution in [1.82, 2.24) is 19.2 Å². The third-order valence-electron chi connectivity index (χ3n) is 5.55. The van der Waals surface area contributed by atoms with Gasteiger partial charge < -0.3 is 0 Å². The van der Waals surface area contributed by atoms with Gasteiger partial charge in [0, 0.05) is 23.3 Å². The molecule has 0 amide bonds. The fourth-order valence-corrected chi connectivity index (χ4v) is 5.13. The SMILES string of the molecule is CCCCCSc1nn(CC)c2nc3c(c(=O)n12)C(C)(C)Cc1ccccc1-3. The summed E-state index contributed by atoms with van der Waals surface area (Å²) in [5, 5.41) is 5.49. The van der Waals surface area contributed by atoms with Crippen LogP contribution in [0.1, 0.15) is 58.1 Å². The molecule has 0 aliphatic heterocycles. The van der Waals surface area contributed by atoms with E-state index in [1.54, 1.807) is 16.2 Å². The average Bonchev–Trinajstić information content (AvgIpc) is 3.02. The molecule has 0 unspecified atom stereocenters. The molecule has 4 rings (SSSR count). The van der Waals surface area contributed by atoms with Gasteiger partial charge in [-0.25, -0.2) is 14.1 Å². The van der Waals surface area contributed by atoms with Crippen molar-refractivity contribution in [3.05, 3.63) is 45.7 Å². The molecule has 1 aromatic carbocycles. The Morgan fingerprint density at radius 1 is 1.18 bits per heavy atom. The maximum atomic E-state index is 13.7. The molecule has 3 aromatic rings. The summed E-state index contributed by atoms with van der Waals surface area (Å²) >= 11 is 1.67. The predicted octanol–water partition coefficient (Wildman–Crippen LogP) is 4.69. The van der Waals surface area contributed by atoms with Crippen molar-refractivity contribution >= 4 is 17.5 Å². The van der Waals surface area contributed by atoms with Gasteiger partial charge in [-0.3, -0.25) is 4.79 Å². The van der Waals surface area contributed by atoms with Crippen LogP contribution in [-0.4, -0.2) is 24.9 Å². The van der Waals surface area contributed by atoms with E-state index in [2.05, 4.69) is 39.0 Å². The third-order valence-corrected chi connectivity index (χ3v) is 6.57. The molecule has 0 radical (unpaired) electrons. The molecule has 148 valence electrons. The first kappa shape index (κ1) is 19.2. The van der Waals surface area contributed by atoms with E-state index in [1.165, 1.54) is 18.4 Å². The van der Waals surface area contributed by atoms with Crippen molar-refractivity contribution < 1.29 is 0 Å². The number of unbranched alkanes of at least 4 members (excludes halogenated alkanes) is 2. The van der Waals surface area contributed by atoms with Gasteiger partial charge >= 0.3 is 0 Å². The number of hydrogen-bond acceptors (Lipinski definition) is 4. The molecule has 0 bridgehead atoms. The summed E-state index contributed by atoms with van der Waals surface area (Å²) in [6.45, 7) is 9.23. The molecule has 6 heteroatoms. The predicted molar refractivity (Wildman–Crippen MR) is 115 cm³/mol. The quantitative estimate of drug-likeness (QED) is 0.448. The molecule has 0 spiro atoms. The molecular formula is C22H28N4OS. The van der Waals surface area contributed by atoms with Gasteiger partial charge in [0.05, 0.1) is 11.3 Å². The van der Waals surface area contributed by atoms with Crippen LogP contribution in [0, 0.1) is 0 Å². The maximum Gasteiger partial charge on any atom is 0.265 e. The summed E-state index contributed by atoms with van der Waals surface area (Å²) in [5.74, 6) is 1.62. The molecule has 0 saturated carbocycles. The van der Waals surface area contributed by atoms with Crippen LogP contribution < -0.4 is 5.56 Å². The Hall–Kier alpha value is -2.08. The third kappa shape index (κ3) is 3.08. The first-order chi connectivity index (χ1) is 13.5. The van der Waals surface area contributed by atoms with Gasteiger partial charge in [0.15, 0.2) is 5.16 Å². The van der Waals surface area contributed by atoms with Crippen LogP contribution in [0.4, 0.5) is 0 Å². The highest BCUT2D eigenvalue weighted by Gasteiger charge is 2.36. The zero-order chi connectivity index (χ0) is 19.9. The molecule has 28 heavy (non-hydrogen) atoms. The minimum absolute atomic E-state index is 0.0391. The number of nitrogens with zero attached hydrogens (tertiary/aromatic N) is 4. The van der Waals surface area contributed by atoms with Gasteiger partial charge in [0.2, 0.25) is 5.78 Å². The lowest BCUT2D eigenvalue weighted by Crippen LogP contribution is -2.36. The Kier molecular flexibility index (Phi) is 5.08. The summed E-state index contributed by atoms with van der Waals surface area (Å²) in [7, 11) is 0. The standard InChI is InChI=1S/C22H28N4OS/c1-5-7-10-13-28-21-24-25(6-2)20-23-18-16-12-9-8-11-15(16)14-22(3,4)17(18)19(27)26(20)21/h8-9,11-12H,5-7,10,13-14H2,1-4H3. The van der Waals surface area contributed by atoms with Crippen LogP contribution in [-0.2, 0) is 18.4 Å². The minimum Gasteiger partial charge on any atom is -0.268 e. The zero-order valence-corrected chi connectivity index (χ0v) is 18.0. The Balaban J connectivity index is 1.94. The largest absolute Gasteiger partial charge is 0.268 e. The Bertz CT molecular complexity index is 1080. The van der Waals surface area contributed by atoms with Gasteiger partial charge in [0.1, 0.15) is 0 Å². The van der Waals surface area contributed by atoms with Crippen molar-refractivity contribution in [2.45, 2.75) is 70.5 Å². The molecule has 1 aliphatic rings. The average molecular weight is 397 g/mol. The first-order valence-corrected chi connectivity index (χ1v) is 11.2. The van der Waals surface area contributed by atoms with Crippen molar-refractivity contribution in [2.75, 3.05) is 5.75 Å². The van der Waals surface area contributed by atoms with E-state index >= 15 is 0 Å². The molecule has 0 N–H and O–H groups in total. The van der Waals surface area contributed by atoms with Gasteiger partial charge in [-0.15, -0.1) is 5.10 Å². The van der Waals surface area contributed by atoms with Crippen molar-refractivity contribution in [3.63, 3.8) is 0 Å². The Labute approximate surface area is 170 Å². The van der Waals surface area contributed by atoms with Gasteiger partial charge in [0.25, 0.3) is 5.56 Å². The van der Waals surface area contributed by atoms with Crippen LogP contribution in [0.15, 0.2) is 34.2 Å². The summed E-state index contributed by atoms with van der Waals surface area (Å²) in [5.41, 5.74) is 3.76. The molecule has 1 aliphatic carbocycles. The van der Waals surface area contributed by atoms with E-state index in [0.717, 1.165) is 40.6 Å². The summed E-state index contributed by atoms with van der Waals surface area (Å²) in [6.07, 6.45) is 4.37. The molecule has 2 heterocycles. The number of benzene rings is 1. The van der Waals surface area contributed by atoms with Crippen LogP contribution in [0.25, 0.3) is 17.0 Å². The summed E-state index contributed by atoms with van der Waals surface area (Å²) in [6, 6.07) is 8.32. The highest BCUT2D eigenvalue weighted by molar-refractivity contribution is 7.99. The number of fused-ring (bicyclic) bond motifs is 4. The Morgan fingerprint density at radius 2 is 1.96 bits per heavy atom. The summed E-state index contributed by atoms with van der Waals surface area (Å²) in [4.78, 5) is 18.7. The van der Waals surface area contributed by atoms with Crippen LogP contribution >= 0.6 is 11.8 Å². The first-order valence-electron chi connectivity index (χ1n) is 10.2. The second-order valence-corrected chi connectivity index (χ2v) is 9.21. The van der Waals surface area contributed by atoms with Crippen molar-refractivity contribution in [2.24, 2.45) is 0 Å². The van der Waals surface area contributed by atoms with Crippen LogP contribution in [0.2, 0.25) is 0 Å². The molecule has 0 atom stereocenters. The molecule has 2 aromatic heterocycles. The number of rotatable bonds is 6. The molecular weight excluding hydrogens is 368 g/mol. The lowest BCUT2D eigenvalue weighted by Gasteiger charge is -2.32. The van der Waals surface area contributed by atoms with Crippen LogP contribution in [0.3, 0.4) is 0 Å². The number of thioether (sulfide) groups is 1. The second kappa shape index (κ2) is 7.39. The minimum atomic E-state index is -0.257. The van der Waals surface area contributed by atoms with Crippen LogP contribution in [0.5, 0.6) is 0 Å². The molecule has 0 fully saturated rings. The van der Waals surface area contributed by atoms with Gasteiger partial charge in [-0.2, -0.15) is 0 Å². The smallest absolute Gasteiger partial charge is 0.265 e. The van der Waals surface area contributed by atoms with E-state index in [1.807, 2.05) is 17.7 Å². The lowest BCUT2D eigenvalue weighted by molar-refractivity contribution is 0.505. The van der Waals surface area contributed by atoms with Gasteiger partial charge in [-0.1, -0.05) is 69.6 Å². The monoisotopic (exact) mass is 396 g/mol. The van der Waals surface area contributed by atoms with E-state index in [0.29, 0.717) is 12.3 Å². The van der Waals surface area contributed by atoms with E-state index < -0.39 is 0 Å². The fourth-order valence-electron chi connectivity index (χ4n) is 4.14. The zero-order valence-electron chi connectivity index (χ0n) is 17.2. The summed E-state index contributed by atoms with van der Waals surface area (Å²) < 4.78 is 3.60. The fraction of sp³-hybridized carbons (Fsp3) is 0.500. The van der Waals surface area contributed by atoms with E-state index in [4.69, 9.17) is 10.1 Å². The van der Waals surface area contributed by atoms with Gasteiger partial charge in [-0.05, 0) is 25.3 Å². The van der Waals surface area contributed by atoms with Crippen molar-refractivity contribution in [1.29, 1.82) is 0 Å². The molecule has 0 saturated heterocycles. The van der Waals surface area contributed by atoms with Crippen molar-refractivity contribution in [3.8, 4) is 11.3 Å². The number of hydrogen-bond donors (Lipinski definition) is 0. The lowest BCUT2D eigenvalue weighted by atomic mass is 9.72. The molecule has 5 nitrogen and oxygen atoms in total. The van der Waals surface area contributed by atoms with E-state index in [-0.39, 0.29) is 11.0 Å². The topological polar surface area (TPSA) is 52.2 Å². The highest BCUT2D eigenvalue weighted by atomic mass is 32.2. The maximum absolute atomic E-state index is 13.7. The number of aryl methyl sites for hydroxylation is 1. The number of aromatic nitrogens is 4. The Morgan fingerprint density at radius 3 is 2.71 bits per heavy atom. The normalized spacial score (nSPS) is 14.9.